The Balaban J connectivity index is 2.32. The van der Waals surface area contributed by atoms with E-state index in [1.807, 2.05) is 13.0 Å². The number of hydrogen-bond acceptors (Lipinski definition) is 3. The molecular formula is C17H24FNO2. The minimum Gasteiger partial charge on any atom is -0.459 e. The van der Waals surface area contributed by atoms with Gasteiger partial charge in [-0.3, -0.25) is 0 Å². The molecule has 116 valence electrons. The smallest absolute Gasteiger partial charge is 0.134 e. The fourth-order valence-electron chi connectivity index (χ4n) is 2.57. The topological polar surface area (TPSA) is 34.4 Å². The lowest BCUT2D eigenvalue weighted by atomic mass is 10.1. The Bertz CT molecular complexity index is 567. The Kier molecular flexibility index (Phi) is 5.76. The van der Waals surface area contributed by atoms with Gasteiger partial charge in [-0.25, -0.2) is 4.39 Å². The van der Waals surface area contributed by atoms with Crippen molar-refractivity contribution in [2.45, 2.75) is 45.8 Å². The molecule has 1 aromatic carbocycles. The Labute approximate surface area is 125 Å². The second-order valence-corrected chi connectivity index (χ2v) is 5.16. The second-order valence-electron chi connectivity index (χ2n) is 5.16. The molecule has 0 saturated carbocycles. The van der Waals surface area contributed by atoms with Gasteiger partial charge >= 0.3 is 0 Å². The van der Waals surface area contributed by atoms with Crippen LogP contribution in [0.1, 0.15) is 45.4 Å². The van der Waals surface area contributed by atoms with E-state index < -0.39 is 0 Å². The molecule has 2 atom stereocenters. The van der Waals surface area contributed by atoms with Crippen LogP contribution in [0.3, 0.4) is 0 Å². The van der Waals surface area contributed by atoms with Gasteiger partial charge in [0.2, 0.25) is 0 Å². The highest BCUT2D eigenvalue weighted by Crippen LogP contribution is 2.28. The van der Waals surface area contributed by atoms with Gasteiger partial charge < -0.3 is 14.5 Å². The molecule has 1 aromatic heterocycles. The number of benzene rings is 1. The van der Waals surface area contributed by atoms with Gasteiger partial charge in [-0.05, 0) is 50.6 Å². The molecule has 2 rings (SSSR count). The van der Waals surface area contributed by atoms with Gasteiger partial charge in [0.25, 0.3) is 0 Å². The van der Waals surface area contributed by atoms with Crippen molar-refractivity contribution < 1.29 is 13.5 Å². The summed E-state index contributed by atoms with van der Waals surface area (Å²) in [5.74, 6) is 0.564. The maximum Gasteiger partial charge on any atom is 0.134 e. The average molecular weight is 293 g/mol. The van der Waals surface area contributed by atoms with Gasteiger partial charge in [-0.1, -0.05) is 13.8 Å². The molecule has 0 fully saturated rings. The van der Waals surface area contributed by atoms with Crippen molar-refractivity contribution >= 4 is 11.0 Å². The van der Waals surface area contributed by atoms with Crippen LogP contribution in [-0.2, 0) is 4.74 Å². The number of halogens is 1. The van der Waals surface area contributed by atoms with E-state index in [4.69, 9.17) is 9.15 Å². The van der Waals surface area contributed by atoms with Crippen molar-refractivity contribution in [3.05, 3.63) is 35.8 Å². The third kappa shape index (κ3) is 3.83. The number of fused-ring (bicyclic) bond motifs is 1. The van der Waals surface area contributed by atoms with Crippen LogP contribution in [0.5, 0.6) is 0 Å². The molecule has 0 aliphatic heterocycles. The number of ether oxygens (including phenoxy) is 1. The van der Waals surface area contributed by atoms with Crippen molar-refractivity contribution in [2.75, 3.05) is 13.2 Å². The minimum atomic E-state index is -0.246. The van der Waals surface area contributed by atoms with Crippen LogP contribution in [0.2, 0.25) is 0 Å². The molecular weight excluding hydrogens is 269 g/mol. The van der Waals surface area contributed by atoms with Crippen molar-refractivity contribution in [3.8, 4) is 0 Å². The lowest BCUT2D eigenvalue weighted by Gasteiger charge is -2.25. The van der Waals surface area contributed by atoms with Crippen molar-refractivity contribution in [2.24, 2.45) is 0 Å². The summed E-state index contributed by atoms with van der Waals surface area (Å²) < 4.78 is 25.0. The average Bonchev–Trinajstić information content (AvgIpc) is 2.89. The Morgan fingerprint density at radius 3 is 2.71 bits per heavy atom. The first-order chi connectivity index (χ1) is 10.2. The monoisotopic (exact) mass is 293 g/mol. The molecule has 2 aromatic rings. The fourth-order valence-corrected chi connectivity index (χ4v) is 2.57. The predicted molar refractivity (Wildman–Crippen MR) is 82.9 cm³/mol. The molecule has 0 amide bonds. The number of rotatable bonds is 8. The minimum absolute atomic E-state index is 0.00892. The second kappa shape index (κ2) is 7.57. The van der Waals surface area contributed by atoms with E-state index in [-0.39, 0.29) is 18.0 Å². The quantitative estimate of drug-likeness (QED) is 0.782. The van der Waals surface area contributed by atoms with Gasteiger partial charge in [-0.15, -0.1) is 0 Å². The largest absolute Gasteiger partial charge is 0.459 e. The van der Waals surface area contributed by atoms with Crippen molar-refractivity contribution in [1.29, 1.82) is 0 Å². The summed E-state index contributed by atoms with van der Waals surface area (Å²) >= 11 is 0. The summed E-state index contributed by atoms with van der Waals surface area (Å²) in [7, 11) is 0. The first-order valence-electron chi connectivity index (χ1n) is 7.73. The molecule has 21 heavy (non-hydrogen) atoms. The van der Waals surface area contributed by atoms with E-state index in [0.29, 0.717) is 12.2 Å². The molecule has 2 unspecified atom stereocenters. The summed E-state index contributed by atoms with van der Waals surface area (Å²) in [5.41, 5.74) is 0.709. The van der Waals surface area contributed by atoms with Crippen LogP contribution in [0, 0.1) is 5.82 Å². The van der Waals surface area contributed by atoms with Gasteiger partial charge in [0.1, 0.15) is 17.2 Å². The van der Waals surface area contributed by atoms with Crippen LogP contribution in [0.25, 0.3) is 11.0 Å². The maximum absolute atomic E-state index is 13.3. The van der Waals surface area contributed by atoms with Crippen LogP contribution in [0.4, 0.5) is 4.39 Å². The molecule has 0 bridgehead atoms. The molecule has 0 radical (unpaired) electrons. The molecule has 0 saturated heterocycles. The first kappa shape index (κ1) is 16.0. The van der Waals surface area contributed by atoms with Gasteiger partial charge in [0.15, 0.2) is 0 Å². The summed E-state index contributed by atoms with van der Waals surface area (Å²) in [4.78, 5) is 0. The normalized spacial score (nSPS) is 14.5. The zero-order valence-electron chi connectivity index (χ0n) is 13.0. The third-order valence-corrected chi connectivity index (χ3v) is 3.57. The van der Waals surface area contributed by atoms with E-state index >= 15 is 0 Å². The Hall–Kier alpha value is -1.39. The van der Waals surface area contributed by atoms with Crippen LogP contribution < -0.4 is 5.32 Å². The maximum atomic E-state index is 13.3. The highest BCUT2D eigenvalue weighted by molar-refractivity contribution is 5.78. The lowest BCUT2D eigenvalue weighted by Crippen LogP contribution is -2.33. The number of furan rings is 1. The van der Waals surface area contributed by atoms with Crippen molar-refractivity contribution in [3.63, 3.8) is 0 Å². The van der Waals surface area contributed by atoms with E-state index in [0.717, 1.165) is 30.5 Å². The summed E-state index contributed by atoms with van der Waals surface area (Å²) in [5, 5.41) is 4.28. The lowest BCUT2D eigenvalue weighted by molar-refractivity contribution is 0.0263. The SMILES string of the molecule is CCCNC(c1cc2cc(F)ccc2o1)C(CC)OCC. The molecule has 1 N–H and O–H groups in total. The van der Waals surface area contributed by atoms with Gasteiger partial charge in [0, 0.05) is 12.0 Å². The van der Waals surface area contributed by atoms with Crippen LogP contribution in [0.15, 0.2) is 28.7 Å². The van der Waals surface area contributed by atoms with Gasteiger partial charge in [-0.2, -0.15) is 0 Å². The highest BCUT2D eigenvalue weighted by atomic mass is 19.1. The van der Waals surface area contributed by atoms with E-state index in [1.165, 1.54) is 12.1 Å². The van der Waals surface area contributed by atoms with Gasteiger partial charge in [0.05, 0.1) is 12.1 Å². The zero-order valence-corrected chi connectivity index (χ0v) is 13.0. The summed E-state index contributed by atoms with van der Waals surface area (Å²) in [6.07, 6.45) is 1.97. The van der Waals surface area contributed by atoms with Crippen molar-refractivity contribution in [1.82, 2.24) is 5.32 Å². The molecule has 0 aliphatic carbocycles. The molecule has 4 heteroatoms. The van der Waals surface area contributed by atoms with Crippen LogP contribution in [-0.4, -0.2) is 19.3 Å². The standard InChI is InChI=1S/C17H24FNO2/c1-4-9-19-17(14(5-2)20-6-3)16-11-12-10-13(18)7-8-15(12)21-16/h7-8,10-11,14,17,19H,4-6,9H2,1-3H3. The van der Waals surface area contributed by atoms with E-state index in [9.17, 15) is 4.39 Å². The molecule has 0 aliphatic rings. The first-order valence-corrected chi connectivity index (χ1v) is 7.73. The van der Waals surface area contributed by atoms with E-state index in [2.05, 4.69) is 19.2 Å². The Morgan fingerprint density at radius 1 is 1.24 bits per heavy atom. The number of nitrogens with one attached hydrogen (secondary N) is 1. The predicted octanol–water partition coefficient (Wildman–Crippen LogP) is 4.43. The zero-order chi connectivity index (χ0) is 15.2. The fraction of sp³-hybridized carbons (Fsp3) is 0.529. The molecule has 1 heterocycles. The summed E-state index contributed by atoms with van der Waals surface area (Å²) in [6.45, 7) is 7.77. The number of hydrogen-bond donors (Lipinski definition) is 1. The van der Waals surface area contributed by atoms with E-state index in [1.54, 1.807) is 6.07 Å². The summed E-state index contributed by atoms with van der Waals surface area (Å²) in [6, 6.07) is 6.50. The van der Waals surface area contributed by atoms with Crippen LogP contribution >= 0.6 is 0 Å². The molecule has 0 spiro atoms. The molecule has 3 nitrogen and oxygen atoms in total. The highest BCUT2D eigenvalue weighted by Gasteiger charge is 2.25. The Morgan fingerprint density at radius 2 is 2.05 bits per heavy atom. The third-order valence-electron chi connectivity index (χ3n) is 3.57.